The number of nitrogens with zero attached hydrogens (tertiary/aromatic N) is 2. The molecular weight excluding hydrogens is 292 g/mol. The summed E-state index contributed by atoms with van der Waals surface area (Å²) in [6.07, 6.45) is 3.10. The number of rotatable bonds is 5. The SMILES string of the molecule is COc1cc(N)ccc1S(=O)(=O)NCc1cnc(C)cn1. The van der Waals surface area contributed by atoms with Crippen molar-refractivity contribution in [1.29, 1.82) is 0 Å². The molecule has 0 atom stereocenters. The molecule has 2 rings (SSSR count). The number of aryl methyl sites for hydroxylation is 1. The summed E-state index contributed by atoms with van der Waals surface area (Å²) in [6.45, 7) is 1.85. The highest BCUT2D eigenvalue weighted by atomic mass is 32.2. The molecule has 7 nitrogen and oxygen atoms in total. The van der Waals surface area contributed by atoms with Crippen LogP contribution in [0.3, 0.4) is 0 Å². The van der Waals surface area contributed by atoms with Gasteiger partial charge in [-0.25, -0.2) is 13.1 Å². The summed E-state index contributed by atoms with van der Waals surface area (Å²) in [7, 11) is -2.34. The van der Waals surface area contributed by atoms with Crippen molar-refractivity contribution in [2.75, 3.05) is 12.8 Å². The Morgan fingerprint density at radius 1 is 1.29 bits per heavy atom. The van der Waals surface area contributed by atoms with Crippen LogP contribution in [-0.2, 0) is 16.6 Å². The number of hydrogen-bond acceptors (Lipinski definition) is 6. The van der Waals surface area contributed by atoms with Gasteiger partial charge in [0, 0.05) is 18.0 Å². The molecule has 0 aliphatic carbocycles. The van der Waals surface area contributed by atoms with E-state index in [0.717, 1.165) is 5.69 Å². The largest absolute Gasteiger partial charge is 0.495 e. The predicted molar refractivity (Wildman–Crippen MR) is 78.2 cm³/mol. The highest BCUT2D eigenvalue weighted by Gasteiger charge is 2.19. The number of benzene rings is 1. The first-order valence-corrected chi connectivity index (χ1v) is 7.61. The minimum Gasteiger partial charge on any atom is -0.495 e. The average molecular weight is 308 g/mol. The van der Waals surface area contributed by atoms with E-state index < -0.39 is 10.0 Å². The van der Waals surface area contributed by atoms with E-state index in [1.165, 1.54) is 31.5 Å². The van der Waals surface area contributed by atoms with Gasteiger partial charge in [0.05, 0.1) is 31.2 Å². The number of nitrogens with two attached hydrogens (primary N) is 1. The molecule has 0 aliphatic rings. The fourth-order valence-corrected chi connectivity index (χ4v) is 2.81. The van der Waals surface area contributed by atoms with Gasteiger partial charge in [0.15, 0.2) is 0 Å². The van der Waals surface area contributed by atoms with Gasteiger partial charge in [0.25, 0.3) is 0 Å². The minimum absolute atomic E-state index is 0.0271. The lowest BCUT2D eigenvalue weighted by atomic mass is 10.3. The van der Waals surface area contributed by atoms with Gasteiger partial charge in [0.1, 0.15) is 10.6 Å². The molecule has 3 N–H and O–H groups in total. The van der Waals surface area contributed by atoms with Crippen molar-refractivity contribution in [2.45, 2.75) is 18.4 Å². The Morgan fingerprint density at radius 2 is 2.05 bits per heavy atom. The fourth-order valence-electron chi connectivity index (χ4n) is 1.66. The third-order valence-electron chi connectivity index (χ3n) is 2.75. The summed E-state index contributed by atoms with van der Waals surface area (Å²) in [5.41, 5.74) is 7.33. The maximum absolute atomic E-state index is 12.3. The summed E-state index contributed by atoms with van der Waals surface area (Å²) >= 11 is 0. The van der Waals surface area contributed by atoms with Crippen LogP contribution in [0.1, 0.15) is 11.4 Å². The molecule has 1 heterocycles. The predicted octanol–water partition coefficient (Wildman–Crippen LogP) is 0.854. The zero-order chi connectivity index (χ0) is 15.5. The summed E-state index contributed by atoms with van der Waals surface area (Å²) in [6, 6.07) is 4.36. The zero-order valence-corrected chi connectivity index (χ0v) is 12.5. The lowest BCUT2D eigenvalue weighted by molar-refractivity contribution is 0.402. The summed E-state index contributed by atoms with van der Waals surface area (Å²) in [5, 5.41) is 0. The number of methoxy groups -OCH3 is 1. The van der Waals surface area contributed by atoms with Gasteiger partial charge in [-0.3, -0.25) is 9.97 Å². The van der Waals surface area contributed by atoms with E-state index >= 15 is 0 Å². The average Bonchev–Trinajstić information content (AvgIpc) is 2.46. The summed E-state index contributed by atoms with van der Waals surface area (Å²) < 4.78 is 32.1. The van der Waals surface area contributed by atoms with Crippen molar-refractivity contribution in [3.05, 3.63) is 42.0 Å². The van der Waals surface area contributed by atoms with Crippen LogP contribution in [0, 0.1) is 6.92 Å². The molecule has 1 aromatic heterocycles. The second-order valence-electron chi connectivity index (χ2n) is 4.38. The molecule has 2 aromatic rings. The van der Waals surface area contributed by atoms with Crippen LogP contribution in [0.2, 0.25) is 0 Å². The van der Waals surface area contributed by atoms with Crippen LogP contribution >= 0.6 is 0 Å². The molecule has 0 bridgehead atoms. The van der Waals surface area contributed by atoms with Crippen molar-refractivity contribution in [2.24, 2.45) is 0 Å². The van der Waals surface area contributed by atoms with Crippen molar-refractivity contribution in [3.63, 3.8) is 0 Å². The quantitative estimate of drug-likeness (QED) is 0.793. The number of hydrogen-bond donors (Lipinski definition) is 2. The molecule has 112 valence electrons. The lowest BCUT2D eigenvalue weighted by Crippen LogP contribution is -2.24. The second kappa shape index (κ2) is 6.06. The van der Waals surface area contributed by atoms with Crippen LogP contribution in [0.25, 0.3) is 0 Å². The first-order chi connectivity index (χ1) is 9.92. The Bertz CT molecular complexity index is 730. The summed E-state index contributed by atoms with van der Waals surface area (Å²) in [5.74, 6) is 0.192. The van der Waals surface area contributed by atoms with Gasteiger partial charge in [-0.15, -0.1) is 0 Å². The van der Waals surface area contributed by atoms with Gasteiger partial charge in [-0.05, 0) is 19.1 Å². The van der Waals surface area contributed by atoms with E-state index in [4.69, 9.17) is 10.5 Å². The van der Waals surface area contributed by atoms with Crippen LogP contribution in [0.15, 0.2) is 35.5 Å². The van der Waals surface area contributed by atoms with Crippen molar-refractivity contribution >= 4 is 15.7 Å². The van der Waals surface area contributed by atoms with E-state index in [-0.39, 0.29) is 17.2 Å². The highest BCUT2D eigenvalue weighted by molar-refractivity contribution is 7.89. The van der Waals surface area contributed by atoms with E-state index in [1.54, 1.807) is 13.1 Å². The number of ether oxygens (including phenoxy) is 1. The molecule has 0 fully saturated rings. The first kappa shape index (κ1) is 15.2. The Balaban J connectivity index is 2.20. The molecule has 0 unspecified atom stereocenters. The van der Waals surface area contributed by atoms with Gasteiger partial charge < -0.3 is 10.5 Å². The van der Waals surface area contributed by atoms with Gasteiger partial charge >= 0.3 is 0 Å². The smallest absolute Gasteiger partial charge is 0.244 e. The highest BCUT2D eigenvalue weighted by Crippen LogP contribution is 2.25. The van der Waals surface area contributed by atoms with Crippen molar-refractivity contribution in [1.82, 2.24) is 14.7 Å². The van der Waals surface area contributed by atoms with E-state index in [0.29, 0.717) is 11.4 Å². The van der Waals surface area contributed by atoms with Crippen LogP contribution in [0.5, 0.6) is 5.75 Å². The van der Waals surface area contributed by atoms with Gasteiger partial charge in [-0.2, -0.15) is 0 Å². The van der Waals surface area contributed by atoms with Crippen molar-refractivity contribution < 1.29 is 13.2 Å². The molecule has 8 heteroatoms. The van der Waals surface area contributed by atoms with Gasteiger partial charge in [0.2, 0.25) is 10.0 Å². The Labute approximate surface area is 123 Å². The first-order valence-electron chi connectivity index (χ1n) is 6.13. The van der Waals surface area contributed by atoms with Crippen LogP contribution < -0.4 is 15.2 Å². The molecule has 0 radical (unpaired) electrons. The molecule has 0 spiro atoms. The number of nitrogens with one attached hydrogen (secondary N) is 1. The summed E-state index contributed by atoms with van der Waals surface area (Å²) in [4.78, 5) is 8.18. The third kappa shape index (κ3) is 3.67. The Hall–Kier alpha value is -2.19. The number of sulfonamides is 1. The normalized spacial score (nSPS) is 11.3. The van der Waals surface area contributed by atoms with E-state index in [9.17, 15) is 8.42 Å². The van der Waals surface area contributed by atoms with E-state index in [2.05, 4.69) is 14.7 Å². The molecule has 21 heavy (non-hydrogen) atoms. The third-order valence-corrected chi connectivity index (χ3v) is 4.20. The molecule has 0 saturated heterocycles. The maximum atomic E-state index is 12.3. The fraction of sp³-hybridized carbons (Fsp3) is 0.231. The Kier molecular flexibility index (Phi) is 4.39. The molecule has 1 aromatic carbocycles. The van der Waals surface area contributed by atoms with Crippen LogP contribution in [-0.4, -0.2) is 25.5 Å². The van der Waals surface area contributed by atoms with Crippen molar-refractivity contribution in [3.8, 4) is 5.75 Å². The topological polar surface area (TPSA) is 107 Å². The number of aromatic nitrogens is 2. The monoisotopic (exact) mass is 308 g/mol. The van der Waals surface area contributed by atoms with Crippen LogP contribution in [0.4, 0.5) is 5.69 Å². The maximum Gasteiger partial charge on any atom is 0.244 e. The molecule has 0 amide bonds. The number of anilines is 1. The molecule has 0 saturated carbocycles. The standard InChI is InChI=1S/C13H16N4O3S/c1-9-6-16-11(7-15-9)8-17-21(18,19)13-4-3-10(14)5-12(13)20-2/h3-7,17H,8,14H2,1-2H3. The molecular formula is C13H16N4O3S. The lowest BCUT2D eigenvalue weighted by Gasteiger charge is -2.11. The zero-order valence-electron chi connectivity index (χ0n) is 11.7. The van der Waals surface area contributed by atoms with E-state index in [1.807, 2.05) is 0 Å². The minimum atomic E-state index is -3.73. The van der Waals surface area contributed by atoms with Gasteiger partial charge in [-0.1, -0.05) is 0 Å². The Morgan fingerprint density at radius 3 is 2.67 bits per heavy atom. The molecule has 0 aliphatic heterocycles. The number of nitrogen functional groups attached to an aromatic ring is 1. The second-order valence-corrected chi connectivity index (χ2v) is 6.12.